The number of nitrogens with zero attached hydrogens (tertiary/aromatic N) is 2. The van der Waals surface area contributed by atoms with Gasteiger partial charge < -0.3 is 9.30 Å². The first kappa shape index (κ1) is 15.5. The average molecular weight is 326 g/mol. The summed E-state index contributed by atoms with van der Waals surface area (Å²) in [5.74, 6) is 0.487. The topological polar surface area (TPSA) is 43.6 Å². The van der Waals surface area contributed by atoms with Gasteiger partial charge in [0.25, 0.3) is 5.91 Å². The number of benzene rings is 2. The van der Waals surface area contributed by atoms with Gasteiger partial charge in [-0.15, -0.1) is 0 Å². The number of fused-ring (bicyclic) bond motifs is 1. The maximum Gasteiger partial charge on any atom is 0.279 e. The largest absolute Gasteiger partial charge is 0.497 e. The van der Waals surface area contributed by atoms with Crippen molar-refractivity contribution in [2.75, 3.05) is 7.11 Å². The number of aryl methyl sites for hydroxylation is 2. The van der Waals surface area contributed by atoms with Crippen LogP contribution in [0.25, 0.3) is 10.2 Å². The summed E-state index contributed by atoms with van der Waals surface area (Å²) in [5.41, 5.74) is 2.88. The molecule has 23 heavy (non-hydrogen) atoms. The Morgan fingerprint density at radius 2 is 1.96 bits per heavy atom. The molecule has 0 aliphatic carbocycles. The zero-order valence-corrected chi connectivity index (χ0v) is 14.2. The van der Waals surface area contributed by atoms with Crippen molar-refractivity contribution in [3.8, 4) is 5.75 Å². The van der Waals surface area contributed by atoms with Crippen molar-refractivity contribution in [3.63, 3.8) is 0 Å². The lowest BCUT2D eigenvalue weighted by molar-refractivity contribution is 0.0998. The molecule has 3 aromatic rings. The van der Waals surface area contributed by atoms with Gasteiger partial charge in [0.2, 0.25) is 0 Å². The van der Waals surface area contributed by atoms with Gasteiger partial charge in [-0.05, 0) is 55.8 Å². The second kappa shape index (κ2) is 6.38. The third-order valence-corrected chi connectivity index (χ3v) is 4.73. The molecule has 5 heteroatoms. The van der Waals surface area contributed by atoms with E-state index in [-0.39, 0.29) is 5.91 Å². The first-order valence-electron chi connectivity index (χ1n) is 7.45. The first-order valence-corrected chi connectivity index (χ1v) is 8.27. The van der Waals surface area contributed by atoms with Crippen LogP contribution in [0.2, 0.25) is 0 Å². The van der Waals surface area contributed by atoms with E-state index >= 15 is 0 Å². The average Bonchev–Trinajstić information content (AvgIpc) is 2.90. The number of carbonyl (C=O) groups excluding carboxylic acids is 1. The molecule has 0 atom stereocenters. The van der Waals surface area contributed by atoms with Crippen molar-refractivity contribution < 1.29 is 9.53 Å². The minimum atomic E-state index is -0.238. The van der Waals surface area contributed by atoms with Gasteiger partial charge in [0.15, 0.2) is 4.80 Å². The number of hydrogen-bond acceptors (Lipinski definition) is 3. The van der Waals surface area contributed by atoms with Crippen LogP contribution in [0.3, 0.4) is 0 Å². The molecule has 0 N–H and O–H groups in total. The molecular formula is C18H18N2O2S. The lowest BCUT2D eigenvalue weighted by Gasteiger charge is -2.01. The molecule has 0 saturated carbocycles. The Morgan fingerprint density at radius 1 is 1.22 bits per heavy atom. The smallest absolute Gasteiger partial charge is 0.279 e. The molecule has 1 aromatic heterocycles. The fourth-order valence-corrected chi connectivity index (χ4v) is 3.65. The number of rotatable bonds is 3. The summed E-state index contributed by atoms with van der Waals surface area (Å²) in [6, 6.07) is 13.3. The summed E-state index contributed by atoms with van der Waals surface area (Å²) in [7, 11) is 1.60. The third kappa shape index (κ3) is 3.05. The van der Waals surface area contributed by atoms with Gasteiger partial charge in [0, 0.05) is 12.1 Å². The minimum Gasteiger partial charge on any atom is -0.497 e. The van der Waals surface area contributed by atoms with E-state index < -0.39 is 0 Å². The normalized spacial score (nSPS) is 11.9. The van der Waals surface area contributed by atoms with E-state index in [0.717, 1.165) is 27.3 Å². The number of amides is 1. The third-order valence-electron chi connectivity index (χ3n) is 3.69. The number of hydrogen-bond donors (Lipinski definition) is 0. The molecule has 0 aliphatic heterocycles. The fraction of sp³-hybridized carbons (Fsp3) is 0.222. The highest BCUT2D eigenvalue weighted by Gasteiger charge is 2.08. The maximum absolute atomic E-state index is 12.4. The van der Waals surface area contributed by atoms with Crippen LogP contribution in [0.5, 0.6) is 5.75 Å². The van der Waals surface area contributed by atoms with Gasteiger partial charge in [-0.1, -0.05) is 17.4 Å². The highest BCUT2D eigenvalue weighted by molar-refractivity contribution is 7.16. The van der Waals surface area contributed by atoms with E-state index in [0.29, 0.717) is 5.56 Å². The zero-order chi connectivity index (χ0) is 16.4. The Bertz CT molecular complexity index is 920. The second-order valence-electron chi connectivity index (χ2n) is 5.25. The summed E-state index contributed by atoms with van der Waals surface area (Å²) in [6.45, 7) is 4.90. The molecule has 3 rings (SSSR count). The van der Waals surface area contributed by atoms with Gasteiger partial charge in [-0.25, -0.2) is 0 Å². The second-order valence-corrected chi connectivity index (χ2v) is 6.25. The predicted molar refractivity (Wildman–Crippen MR) is 93.1 cm³/mol. The molecule has 0 saturated heterocycles. The zero-order valence-electron chi connectivity index (χ0n) is 13.4. The van der Waals surface area contributed by atoms with Crippen LogP contribution in [0.1, 0.15) is 22.8 Å². The van der Waals surface area contributed by atoms with Crippen LogP contribution >= 0.6 is 11.3 Å². The van der Waals surface area contributed by atoms with Gasteiger partial charge in [0.1, 0.15) is 5.75 Å². The lowest BCUT2D eigenvalue weighted by Crippen LogP contribution is -2.15. The SMILES string of the molecule is CCn1c(=NC(=O)c2ccc(OC)cc2)sc2cc(C)ccc21. The van der Waals surface area contributed by atoms with Crippen molar-refractivity contribution in [1.82, 2.24) is 4.57 Å². The molecule has 118 valence electrons. The van der Waals surface area contributed by atoms with E-state index in [1.54, 1.807) is 42.7 Å². The minimum absolute atomic E-state index is 0.238. The van der Waals surface area contributed by atoms with E-state index in [2.05, 4.69) is 41.6 Å². The highest BCUT2D eigenvalue weighted by Crippen LogP contribution is 2.19. The van der Waals surface area contributed by atoms with Gasteiger partial charge in [-0.2, -0.15) is 4.99 Å². The van der Waals surface area contributed by atoms with E-state index in [4.69, 9.17) is 4.74 Å². The van der Waals surface area contributed by atoms with Gasteiger partial charge in [-0.3, -0.25) is 4.79 Å². The predicted octanol–water partition coefficient (Wildman–Crippen LogP) is 3.78. The number of ether oxygens (including phenoxy) is 1. The van der Waals surface area contributed by atoms with Gasteiger partial charge >= 0.3 is 0 Å². The summed E-state index contributed by atoms with van der Waals surface area (Å²) in [4.78, 5) is 17.5. The number of carbonyl (C=O) groups is 1. The Kier molecular flexibility index (Phi) is 4.30. The van der Waals surface area contributed by atoms with Crippen molar-refractivity contribution in [2.45, 2.75) is 20.4 Å². The molecule has 1 heterocycles. The summed E-state index contributed by atoms with van der Waals surface area (Å²) in [5, 5.41) is 0. The van der Waals surface area contributed by atoms with Crippen molar-refractivity contribution in [3.05, 3.63) is 58.4 Å². The first-order chi connectivity index (χ1) is 11.1. The van der Waals surface area contributed by atoms with E-state index in [1.165, 1.54) is 5.56 Å². The Morgan fingerprint density at radius 3 is 2.61 bits per heavy atom. The molecule has 4 nitrogen and oxygen atoms in total. The number of thiazole rings is 1. The Labute approximate surface area is 138 Å². The van der Waals surface area contributed by atoms with Crippen LogP contribution in [-0.4, -0.2) is 17.6 Å². The molecule has 0 radical (unpaired) electrons. The Hall–Kier alpha value is -2.40. The molecule has 0 fully saturated rings. The molecule has 0 bridgehead atoms. The molecule has 2 aromatic carbocycles. The van der Waals surface area contributed by atoms with Crippen LogP contribution in [0.15, 0.2) is 47.5 Å². The highest BCUT2D eigenvalue weighted by atomic mass is 32.1. The monoisotopic (exact) mass is 326 g/mol. The van der Waals surface area contributed by atoms with E-state index in [9.17, 15) is 4.79 Å². The molecule has 0 spiro atoms. The summed E-state index contributed by atoms with van der Waals surface area (Å²) in [6.07, 6.45) is 0. The van der Waals surface area contributed by atoms with E-state index in [1.807, 2.05) is 0 Å². The van der Waals surface area contributed by atoms with Crippen molar-refractivity contribution >= 4 is 27.5 Å². The van der Waals surface area contributed by atoms with Gasteiger partial charge in [0.05, 0.1) is 17.3 Å². The molecule has 0 aliphatic rings. The van der Waals surface area contributed by atoms with Crippen LogP contribution in [0, 0.1) is 6.92 Å². The molecular weight excluding hydrogens is 308 g/mol. The quantitative estimate of drug-likeness (QED) is 0.735. The maximum atomic E-state index is 12.4. The standard InChI is InChI=1S/C18H18N2O2S/c1-4-20-15-10-5-12(2)11-16(15)23-18(20)19-17(21)13-6-8-14(22-3)9-7-13/h5-11H,4H2,1-3H3. The molecule has 0 unspecified atom stereocenters. The summed E-state index contributed by atoms with van der Waals surface area (Å²) >= 11 is 1.54. The van der Waals surface area contributed by atoms with Crippen molar-refractivity contribution in [2.24, 2.45) is 4.99 Å². The number of aromatic nitrogens is 1. The molecule has 1 amide bonds. The number of methoxy groups -OCH3 is 1. The van der Waals surface area contributed by atoms with Crippen LogP contribution in [-0.2, 0) is 6.54 Å². The van der Waals surface area contributed by atoms with Crippen LogP contribution in [0.4, 0.5) is 0 Å². The lowest BCUT2D eigenvalue weighted by atomic mass is 10.2. The van der Waals surface area contributed by atoms with Crippen molar-refractivity contribution in [1.29, 1.82) is 0 Å². The summed E-state index contributed by atoms with van der Waals surface area (Å²) < 4.78 is 8.33. The Balaban J connectivity index is 2.07. The van der Waals surface area contributed by atoms with Crippen LogP contribution < -0.4 is 9.54 Å². The fourth-order valence-electron chi connectivity index (χ4n) is 2.46.